The first-order valence-corrected chi connectivity index (χ1v) is 10.9. The van der Waals surface area contributed by atoms with Crippen LogP contribution in [0.15, 0.2) is 49.2 Å². The number of aryl methyl sites for hydroxylation is 1. The maximum absolute atomic E-state index is 15.0. The van der Waals surface area contributed by atoms with Crippen LogP contribution >= 0.6 is 22.9 Å². The van der Waals surface area contributed by atoms with Gasteiger partial charge in [-0.2, -0.15) is 5.10 Å². The zero-order chi connectivity index (χ0) is 21.6. The van der Waals surface area contributed by atoms with Crippen molar-refractivity contribution in [1.29, 1.82) is 0 Å². The highest BCUT2D eigenvalue weighted by Crippen LogP contribution is 2.44. The smallest absolute Gasteiger partial charge is 0.246 e. The van der Waals surface area contributed by atoms with Crippen molar-refractivity contribution in [1.82, 2.24) is 14.7 Å². The highest BCUT2D eigenvalue weighted by molar-refractivity contribution is 7.16. The van der Waals surface area contributed by atoms with Crippen LogP contribution in [0.3, 0.4) is 0 Å². The van der Waals surface area contributed by atoms with Crippen molar-refractivity contribution in [2.75, 3.05) is 6.54 Å². The minimum atomic E-state index is -1.59. The van der Waals surface area contributed by atoms with E-state index in [1.807, 2.05) is 36.5 Å². The molecule has 3 heterocycles. The molecule has 0 radical (unpaired) electrons. The Hall–Kier alpha value is -2.44. The van der Waals surface area contributed by atoms with E-state index in [2.05, 4.69) is 11.7 Å². The van der Waals surface area contributed by atoms with E-state index in [4.69, 9.17) is 11.6 Å². The molecule has 1 aromatic carbocycles. The van der Waals surface area contributed by atoms with Gasteiger partial charge in [-0.25, -0.2) is 4.39 Å². The fourth-order valence-electron chi connectivity index (χ4n) is 4.12. The topological polar surface area (TPSA) is 38.1 Å². The summed E-state index contributed by atoms with van der Waals surface area (Å²) in [5, 5.41) is 4.39. The second kappa shape index (κ2) is 7.67. The minimum Gasteiger partial charge on any atom is -0.333 e. The van der Waals surface area contributed by atoms with Crippen LogP contribution in [0.1, 0.15) is 41.5 Å². The van der Waals surface area contributed by atoms with E-state index in [1.165, 1.54) is 31.3 Å². The van der Waals surface area contributed by atoms with E-state index in [-0.39, 0.29) is 11.8 Å². The van der Waals surface area contributed by atoms with Gasteiger partial charge in [0.2, 0.25) is 5.91 Å². The molecule has 1 aliphatic rings. The third-order valence-corrected chi connectivity index (χ3v) is 6.69. The number of rotatable bonds is 4. The Bertz CT molecular complexity index is 1130. The Morgan fingerprint density at radius 3 is 2.77 bits per heavy atom. The summed E-state index contributed by atoms with van der Waals surface area (Å²) in [4.78, 5) is 15.3. The molecule has 4 nitrogen and oxygen atoms in total. The number of aromatic nitrogens is 2. The molecule has 0 unspecified atom stereocenters. The molecule has 1 aliphatic heterocycles. The third kappa shape index (κ3) is 3.70. The molecule has 7 heteroatoms. The monoisotopic (exact) mass is 443 g/mol. The van der Waals surface area contributed by atoms with Crippen LogP contribution in [0.2, 0.25) is 4.34 Å². The average Bonchev–Trinajstić information content (AvgIpc) is 3.28. The number of hydrogen-bond donors (Lipinski definition) is 0. The average molecular weight is 444 g/mol. The predicted octanol–water partition coefficient (Wildman–Crippen LogP) is 5.67. The van der Waals surface area contributed by atoms with Crippen LogP contribution in [0.5, 0.6) is 0 Å². The number of thiophene rings is 1. The van der Waals surface area contributed by atoms with Gasteiger partial charge in [0.1, 0.15) is 11.4 Å². The van der Waals surface area contributed by atoms with Crippen LogP contribution in [0.25, 0.3) is 11.1 Å². The van der Waals surface area contributed by atoms with E-state index in [9.17, 15) is 9.18 Å². The van der Waals surface area contributed by atoms with Gasteiger partial charge in [-0.1, -0.05) is 42.4 Å². The fourth-order valence-corrected chi connectivity index (χ4v) is 5.48. The lowest BCUT2D eigenvalue weighted by atomic mass is 9.83. The Morgan fingerprint density at radius 2 is 2.07 bits per heavy atom. The molecule has 0 saturated heterocycles. The molecule has 0 spiro atoms. The molecular weight excluding hydrogens is 421 g/mol. The van der Waals surface area contributed by atoms with Crippen molar-refractivity contribution in [2.24, 2.45) is 7.05 Å². The fraction of sp³-hybridized carbons (Fsp3) is 0.304. The number of carbonyl (C=O) groups excluding carboxylic acids is 1. The molecule has 2 aromatic heterocycles. The molecule has 3 aromatic rings. The second-order valence-electron chi connectivity index (χ2n) is 8.03. The standard InChI is InChI=1S/C23H23ClFN3OS/c1-5-21(29)28-12-17(16-10-20(24)30-19(16)13-28)14-8-6-7-9-15(14)18-11-27(4)26-22(18)23(2,3)25/h5-11,17H,1,12-13H2,2-4H3/t17-/m0/s1. The number of alkyl halides is 1. The zero-order valence-electron chi connectivity index (χ0n) is 17.2. The molecule has 1 amide bonds. The largest absolute Gasteiger partial charge is 0.333 e. The van der Waals surface area contributed by atoms with Crippen LogP contribution in [0.4, 0.5) is 4.39 Å². The maximum atomic E-state index is 15.0. The molecule has 0 bridgehead atoms. The highest BCUT2D eigenvalue weighted by Gasteiger charge is 2.33. The zero-order valence-corrected chi connectivity index (χ0v) is 18.7. The molecule has 156 valence electrons. The van der Waals surface area contributed by atoms with Crippen molar-refractivity contribution in [2.45, 2.75) is 32.0 Å². The number of hydrogen-bond acceptors (Lipinski definition) is 3. The number of amides is 1. The van der Waals surface area contributed by atoms with Crippen molar-refractivity contribution in [3.8, 4) is 11.1 Å². The first-order chi connectivity index (χ1) is 14.2. The normalized spacial score (nSPS) is 16.4. The summed E-state index contributed by atoms with van der Waals surface area (Å²) >= 11 is 7.84. The summed E-state index contributed by atoms with van der Waals surface area (Å²) in [6, 6.07) is 9.93. The molecule has 4 rings (SSSR count). The lowest BCUT2D eigenvalue weighted by molar-refractivity contribution is -0.127. The number of benzene rings is 1. The molecular formula is C23H23ClFN3OS. The van der Waals surface area contributed by atoms with Crippen molar-refractivity contribution in [3.63, 3.8) is 0 Å². The lowest BCUT2D eigenvalue weighted by Gasteiger charge is -2.33. The van der Waals surface area contributed by atoms with E-state index in [0.29, 0.717) is 23.1 Å². The van der Waals surface area contributed by atoms with Crippen LogP contribution < -0.4 is 0 Å². The van der Waals surface area contributed by atoms with E-state index < -0.39 is 5.67 Å². The van der Waals surface area contributed by atoms with Crippen molar-refractivity contribution in [3.05, 3.63) is 75.2 Å². The first-order valence-electron chi connectivity index (χ1n) is 9.70. The van der Waals surface area contributed by atoms with Gasteiger partial charge in [-0.15, -0.1) is 11.3 Å². The number of halogens is 2. The number of fused-ring (bicyclic) bond motifs is 1. The molecule has 0 N–H and O–H groups in total. The van der Waals surface area contributed by atoms with Gasteiger partial charge >= 0.3 is 0 Å². The van der Waals surface area contributed by atoms with Gasteiger partial charge in [0.25, 0.3) is 0 Å². The predicted molar refractivity (Wildman–Crippen MR) is 120 cm³/mol. The molecule has 0 fully saturated rings. The summed E-state index contributed by atoms with van der Waals surface area (Å²) in [6.07, 6.45) is 3.19. The van der Waals surface area contributed by atoms with Gasteiger partial charge in [0.05, 0.1) is 10.9 Å². The molecule has 30 heavy (non-hydrogen) atoms. The Morgan fingerprint density at radius 1 is 1.33 bits per heavy atom. The van der Waals surface area contributed by atoms with E-state index in [0.717, 1.165) is 27.1 Å². The lowest BCUT2D eigenvalue weighted by Crippen LogP contribution is -2.37. The van der Waals surface area contributed by atoms with Gasteiger partial charge in [0, 0.05) is 36.1 Å². The van der Waals surface area contributed by atoms with Gasteiger partial charge in [-0.3, -0.25) is 9.48 Å². The summed E-state index contributed by atoms with van der Waals surface area (Å²) in [5.74, 6) is -0.187. The Balaban J connectivity index is 1.89. The van der Waals surface area contributed by atoms with Gasteiger partial charge in [0.15, 0.2) is 0 Å². The van der Waals surface area contributed by atoms with E-state index in [1.54, 1.807) is 16.6 Å². The Labute approximate surface area is 184 Å². The van der Waals surface area contributed by atoms with Crippen LogP contribution in [-0.4, -0.2) is 27.1 Å². The Kier molecular flexibility index (Phi) is 5.32. The summed E-state index contributed by atoms with van der Waals surface area (Å²) in [6.45, 7) is 7.70. The van der Waals surface area contributed by atoms with Gasteiger partial charge in [-0.05, 0) is 42.7 Å². The molecule has 1 atom stereocenters. The number of nitrogens with zero attached hydrogens (tertiary/aromatic N) is 3. The van der Waals surface area contributed by atoms with Crippen molar-refractivity contribution >= 4 is 28.8 Å². The van der Waals surface area contributed by atoms with Gasteiger partial charge < -0.3 is 4.90 Å². The minimum absolute atomic E-state index is 0.0756. The third-order valence-electron chi connectivity index (χ3n) is 5.43. The molecule has 0 saturated carbocycles. The quantitative estimate of drug-likeness (QED) is 0.487. The maximum Gasteiger partial charge on any atom is 0.246 e. The molecule has 0 aliphatic carbocycles. The summed E-state index contributed by atoms with van der Waals surface area (Å²) in [5.41, 5.74) is 2.63. The summed E-state index contributed by atoms with van der Waals surface area (Å²) < 4.78 is 17.3. The second-order valence-corrected chi connectivity index (χ2v) is 9.80. The first kappa shape index (κ1) is 20.8. The van der Waals surface area contributed by atoms with Crippen LogP contribution in [-0.2, 0) is 24.1 Å². The van der Waals surface area contributed by atoms with Crippen molar-refractivity contribution < 1.29 is 9.18 Å². The number of carbonyl (C=O) groups is 1. The highest BCUT2D eigenvalue weighted by atomic mass is 35.5. The summed E-state index contributed by atoms with van der Waals surface area (Å²) in [7, 11) is 1.79. The van der Waals surface area contributed by atoms with Crippen LogP contribution in [0, 0.1) is 0 Å². The van der Waals surface area contributed by atoms with E-state index >= 15 is 0 Å². The SMILES string of the molecule is C=CC(=O)N1Cc2sc(Cl)cc2[C@H](c2ccccc2-c2cn(C)nc2C(C)(C)F)C1.